The van der Waals surface area contributed by atoms with Crippen LogP contribution in [0.1, 0.15) is 0 Å². The second-order valence-electron chi connectivity index (χ2n) is 13.7. The Labute approximate surface area is 305 Å². The van der Waals surface area contributed by atoms with Crippen LogP contribution < -0.4 is 4.90 Å². The average molecular weight is 678 g/mol. The molecule has 11 aromatic rings. The highest BCUT2D eigenvalue weighted by atomic mass is 16.3. The molecule has 9 aromatic carbocycles. The van der Waals surface area contributed by atoms with E-state index in [1.165, 1.54) is 32.7 Å². The van der Waals surface area contributed by atoms with E-state index < -0.39 is 0 Å². The van der Waals surface area contributed by atoms with Crippen LogP contribution in [0.15, 0.2) is 197 Å². The second-order valence-corrected chi connectivity index (χ2v) is 13.7. The van der Waals surface area contributed by atoms with Gasteiger partial charge < -0.3 is 13.7 Å². The highest BCUT2D eigenvalue weighted by molar-refractivity contribution is 6.27. The molecule has 0 atom stereocenters. The van der Waals surface area contributed by atoms with Gasteiger partial charge in [-0.2, -0.15) is 0 Å². The number of nitrogens with zero attached hydrogens (tertiary/aromatic N) is 1. The summed E-state index contributed by atoms with van der Waals surface area (Å²) in [6, 6.07) is 66.9. The Kier molecular flexibility index (Phi) is 6.55. The molecule has 0 aliphatic rings. The molecule has 0 fully saturated rings. The van der Waals surface area contributed by atoms with Gasteiger partial charge in [-0.1, -0.05) is 127 Å². The molecule has 0 amide bonds. The van der Waals surface area contributed by atoms with Gasteiger partial charge in [0.25, 0.3) is 0 Å². The summed E-state index contributed by atoms with van der Waals surface area (Å²) >= 11 is 0. The number of benzene rings is 9. The Hall–Kier alpha value is -7.10. The normalized spacial score (nSPS) is 11.8. The quantitative estimate of drug-likeness (QED) is 0.182. The third kappa shape index (κ3) is 4.82. The van der Waals surface area contributed by atoms with Gasteiger partial charge in [0, 0.05) is 32.9 Å². The number of para-hydroxylation sites is 1. The summed E-state index contributed by atoms with van der Waals surface area (Å²) in [5, 5.41) is 9.05. The SMILES string of the molecule is c1ccc(-c2ccc(N(c3ccc4ccccc4c3)c3cc(-c4ccc5ccccc5c4)cc4c3oc3ccc5oc6ccccc6c5c34)cc2)cc1. The van der Waals surface area contributed by atoms with E-state index in [4.69, 9.17) is 8.83 Å². The Morgan fingerprint density at radius 3 is 1.70 bits per heavy atom. The molecule has 3 heteroatoms. The highest BCUT2D eigenvalue weighted by Crippen LogP contribution is 2.48. The second kappa shape index (κ2) is 11.7. The first-order valence-electron chi connectivity index (χ1n) is 18.0. The molecule has 0 spiro atoms. The average Bonchev–Trinajstić information content (AvgIpc) is 3.80. The van der Waals surface area contributed by atoms with Crippen molar-refractivity contribution in [3.63, 3.8) is 0 Å². The molecule has 0 unspecified atom stereocenters. The lowest BCUT2D eigenvalue weighted by molar-refractivity contribution is 0.663. The highest BCUT2D eigenvalue weighted by Gasteiger charge is 2.24. The van der Waals surface area contributed by atoms with Crippen molar-refractivity contribution in [1.82, 2.24) is 0 Å². The van der Waals surface area contributed by atoms with Gasteiger partial charge in [-0.15, -0.1) is 0 Å². The third-order valence-corrected chi connectivity index (χ3v) is 10.6. The van der Waals surface area contributed by atoms with Crippen molar-refractivity contribution >= 4 is 82.5 Å². The molecule has 3 nitrogen and oxygen atoms in total. The standard InChI is InChI=1S/C50H31NO2/c1-2-10-32(11-3-1)35-20-23-40(24-21-35)51(41-25-22-34-13-5-7-15-37(34)29-41)44-31-39(38-19-18-33-12-4-6-14-36(33)28-38)30-43-49-47(53-50(43)44)27-26-46-48(49)42-16-8-9-17-45(42)52-46/h1-31H. The van der Waals surface area contributed by atoms with E-state index in [-0.39, 0.29) is 0 Å². The summed E-state index contributed by atoms with van der Waals surface area (Å²) in [6.45, 7) is 0. The number of anilines is 3. The fraction of sp³-hybridized carbons (Fsp3) is 0. The Morgan fingerprint density at radius 2 is 0.906 bits per heavy atom. The van der Waals surface area contributed by atoms with Crippen molar-refractivity contribution in [2.45, 2.75) is 0 Å². The summed E-state index contributed by atoms with van der Waals surface area (Å²) in [5.41, 5.74) is 11.0. The summed E-state index contributed by atoms with van der Waals surface area (Å²) in [4.78, 5) is 2.35. The zero-order chi connectivity index (χ0) is 34.9. The van der Waals surface area contributed by atoms with Crippen LogP contribution >= 0.6 is 0 Å². The minimum Gasteiger partial charge on any atom is -0.456 e. The zero-order valence-electron chi connectivity index (χ0n) is 28.7. The number of furan rings is 2. The van der Waals surface area contributed by atoms with Crippen LogP contribution in [-0.4, -0.2) is 0 Å². The molecular weight excluding hydrogens is 647 g/mol. The number of hydrogen-bond donors (Lipinski definition) is 0. The van der Waals surface area contributed by atoms with Crippen molar-refractivity contribution in [2.75, 3.05) is 4.90 Å². The van der Waals surface area contributed by atoms with E-state index >= 15 is 0 Å². The smallest absolute Gasteiger partial charge is 0.159 e. The minimum absolute atomic E-state index is 0.822. The summed E-state index contributed by atoms with van der Waals surface area (Å²) in [5.74, 6) is 0. The molecule has 11 rings (SSSR count). The predicted octanol–water partition coefficient (Wildman–Crippen LogP) is 14.6. The van der Waals surface area contributed by atoms with E-state index in [9.17, 15) is 0 Å². The van der Waals surface area contributed by atoms with Crippen LogP contribution in [0.2, 0.25) is 0 Å². The summed E-state index contributed by atoms with van der Waals surface area (Å²) < 4.78 is 13.4. The van der Waals surface area contributed by atoms with Gasteiger partial charge in [0.2, 0.25) is 0 Å². The lowest BCUT2D eigenvalue weighted by Crippen LogP contribution is -2.10. The molecule has 0 radical (unpaired) electrons. The maximum atomic E-state index is 6.99. The number of hydrogen-bond acceptors (Lipinski definition) is 3. The van der Waals surface area contributed by atoms with Gasteiger partial charge >= 0.3 is 0 Å². The molecule has 2 aromatic heterocycles. The van der Waals surface area contributed by atoms with Crippen LogP contribution in [0.3, 0.4) is 0 Å². The maximum Gasteiger partial charge on any atom is 0.159 e. The lowest BCUT2D eigenvalue weighted by atomic mass is 9.97. The molecule has 0 bridgehead atoms. The Morgan fingerprint density at radius 1 is 0.321 bits per heavy atom. The van der Waals surface area contributed by atoms with Crippen molar-refractivity contribution in [3.8, 4) is 22.3 Å². The fourth-order valence-corrected chi connectivity index (χ4v) is 8.04. The van der Waals surface area contributed by atoms with Gasteiger partial charge in [0.15, 0.2) is 5.58 Å². The van der Waals surface area contributed by atoms with E-state index in [0.29, 0.717) is 0 Å². The summed E-state index contributed by atoms with van der Waals surface area (Å²) in [7, 11) is 0. The van der Waals surface area contributed by atoms with Crippen LogP contribution in [-0.2, 0) is 0 Å². The van der Waals surface area contributed by atoms with Crippen LogP contribution in [0.4, 0.5) is 17.1 Å². The van der Waals surface area contributed by atoms with Crippen LogP contribution in [0.25, 0.3) is 87.7 Å². The van der Waals surface area contributed by atoms with E-state index in [1.54, 1.807) is 0 Å². The number of fused-ring (bicyclic) bond motifs is 9. The molecule has 248 valence electrons. The first kappa shape index (κ1) is 29.6. The minimum atomic E-state index is 0.822. The third-order valence-electron chi connectivity index (χ3n) is 10.6. The van der Waals surface area contributed by atoms with Crippen LogP contribution in [0.5, 0.6) is 0 Å². The largest absolute Gasteiger partial charge is 0.456 e. The van der Waals surface area contributed by atoms with Crippen molar-refractivity contribution in [3.05, 3.63) is 188 Å². The molecule has 0 saturated heterocycles. The monoisotopic (exact) mass is 677 g/mol. The lowest BCUT2D eigenvalue weighted by Gasteiger charge is -2.27. The van der Waals surface area contributed by atoms with Gasteiger partial charge in [0.1, 0.15) is 16.7 Å². The van der Waals surface area contributed by atoms with Gasteiger partial charge in [-0.3, -0.25) is 0 Å². The van der Waals surface area contributed by atoms with Gasteiger partial charge in [0.05, 0.1) is 5.69 Å². The van der Waals surface area contributed by atoms with Crippen molar-refractivity contribution in [1.29, 1.82) is 0 Å². The Bertz CT molecular complexity index is 3170. The number of rotatable bonds is 5. The molecule has 0 N–H and O–H groups in total. The Balaban J connectivity index is 1.23. The fourth-order valence-electron chi connectivity index (χ4n) is 8.04. The molecule has 53 heavy (non-hydrogen) atoms. The molecular formula is C50H31NO2. The van der Waals surface area contributed by atoms with E-state index in [1.807, 2.05) is 18.2 Å². The van der Waals surface area contributed by atoms with Crippen molar-refractivity contribution in [2.24, 2.45) is 0 Å². The van der Waals surface area contributed by atoms with Gasteiger partial charge in [-0.05, 0) is 104 Å². The van der Waals surface area contributed by atoms with Gasteiger partial charge in [-0.25, -0.2) is 0 Å². The predicted molar refractivity (Wildman–Crippen MR) is 222 cm³/mol. The first-order valence-corrected chi connectivity index (χ1v) is 18.0. The summed E-state index contributed by atoms with van der Waals surface area (Å²) in [6.07, 6.45) is 0. The van der Waals surface area contributed by atoms with E-state index in [2.05, 4.69) is 175 Å². The maximum absolute atomic E-state index is 6.99. The molecule has 0 aliphatic carbocycles. The topological polar surface area (TPSA) is 29.5 Å². The van der Waals surface area contributed by atoms with E-state index in [0.717, 1.165) is 72.1 Å². The molecule has 2 heterocycles. The van der Waals surface area contributed by atoms with Crippen molar-refractivity contribution < 1.29 is 8.83 Å². The van der Waals surface area contributed by atoms with Crippen LogP contribution in [0, 0.1) is 0 Å². The zero-order valence-corrected chi connectivity index (χ0v) is 28.7. The molecule has 0 aliphatic heterocycles. The first-order chi connectivity index (χ1) is 26.2. The molecule has 0 saturated carbocycles.